The molecule has 0 saturated heterocycles. The summed E-state index contributed by atoms with van der Waals surface area (Å²) >= 11 is 1.58. The molecule has 0 bridgehead atoms. The molecule has 140 valence electrons. The third kappa shape index (κ3) is 5.17. The summed E-state index contributed by atoms with van der Waals surface area (Å²) < 4.78 is 37.7. The Kier molecular flexibility index (Phi) is 5.91. The van der Waals surface area contributed by atoms with Crippen molar-refractivity contribution in [2.75, 3.05) is 0 Å². The number of nitrogens with zero attached hydrogens (tertiary/aromatic N) is 1. The van der Waals surface area contributed by atoms with Gasteiger partial charge in [0.1, 0.15) is 0 Å². The monoisotopic (exact) mass is 390 g/mol. The van der Waals surface area contributed by atoms with Crippen molar-refractivity contribution in [2.24, 2.45) is 0 Å². The lowest BCUT2D eigenvalue weighted by molar-refractivity contribution is -0.137. The van der Waals surface area contributed by atoms with E-state index in [1.807, 2.05) is 29.0 Å². The van der Waals surface area contributed by atoms with Gasteiger partial charge >= 0.3 is 6.18 Å². The maximum Gasteiger partial charge on any atom is 0.416 e. The Morgan fingerprint density at radius 1 is 1.11 bits per heavy atom. The van der Waals surface area contributed by atoms with Crippen LogP contribution in [0.5, 0.6) is 0 Å². The second-order valence-corrected chi connectivity index (χ2v) is 6.77. The van der Waals surface area contributed by atoms with Crippen LogP contribution < -0.4 is 5.32 Å². The quantitative estimate of drug-likeness (QED) is 0.638. The van der Waals surface area contributed by atoms with E-state index >= 15 is 0 Å². The molecule has 0 atom stereocenters. The van der Waals surface area contributed by atoms with Crippen LogP contribution in [0, 0.1) is 0 Å². The number of amides is 1. The molecule has 0 saturated carbocycles. The molecule has 0 unspecified atom stereocenters. The fourth-order valence-electron chi connectivity index (χ4n) is 2.64. The van der Waals surface area contributed by atoms with Crippen molar-refractivity contribution in [3.05, 3.63) is 76.1 Å². The molecule has 0 spiro atoms. The zero-order valence-corrected chi connectivity index (χ0v) is 15.1. The van der Waals surface area contributed by atoms with Crippen LogP contribution in [0.2, 0.25) is 0 Å². The van der Waals surface area contributed by atoms with Crippen LogP contribution in [0.15, 0.2) is 59.4 Å². The van der Waals surface area contributed by atoms with E-state index in [0.29, 0.717) is 18.5 Å². The van der Waals surface area contributed by atoms with E-state index < -0.39 is 11.7 Å². The number of carbonyl (C=O) groups excluding carboxylic acids is 1. The van der Waals surface area contributed by atoms with Crippen molar-refractivity contribution in [1.82, 2.24) is 10.3 Å². The first-order valence-corrected chi connectivity index (χ1v) is 9.27. The lowest BCUT2D eigenvalue weighted by Crippen LogP contribution is -2.23. The molecule has 2 aromatic heterocycles. The third-order valence-electron chi connectivity index (χ3n) is 4.08. The Bertz CT molecular complexity index is 890. The van der Waals surface area contributed by atoms with E-state index in [1.165, 1.54) is 12.1 Å². The summed E-state index contributed by atoms with van der Waals surface area (Å²) in [6.45, 7) is 0.352. The van der Waals surface area contributed by atoms with Gasteiger partial charge in [0.25, 0.3) is 0 Å². The van der Waals surface area contributed by atoms with Crippen LogP contribution in [0.3, 0.4) is 0 Å². The molecular formula is C20H17F3N2OS. The number of pyridine rings is 1. The van der Waals surface area contributed by atoms with Gasteiger partial charge in [0.15, 0.2) is 0 Å². The number of carbonyl (C=O) groups is 1. The number of halogens is 3. The summed E-state index contributed by atoms with van der Waals surface area (Å²) in [4.78, 5) is 16.5. The van der Waals surface area contributed by atoms with E-state index in [-0.39, 0.29) is 12.3 Å². The van der Waals surface area contributed by atoms with Crippen molar-refractivity contribution >= 4 is 17.2 Å². The maximum atomic E-state index is 12.6. The fraction of sp³-hybridized carbons (Fsp3) is 0.200. The highest BCUT2D eigenvalue weighted by Gasteiger charge is 2.29. The molecule has 3 aromatic rings. The van der Waals surface area contributed by atoms with Gasteiger partial charge in [-0.25, -0.2) is 0 Å². The highest BCUT2D eigenvalue weighted by atomic mass is 32.1. The zero-order chi connectivity index (χ0) is 19.3. The van der Waals surface area contributed by atoms with Gasteiger partial charge in [0.05, 0.1) is 11.3 Å². The first kappa shape index (κ1) is 19.1. The van der Waals surface area contributed by atoms with E-state index in [9.17, 15) is 18.0 Å². The second kappa shape index (κ2) is 8.35. The van der Waals surface area contributed by atoms with Crippen LogP contribution in [-0.2, 0) is 23.9 Å². The number of thiophene rings is 1. The summed E-state index contributed by atoms with van der Waals surface area (Å²) in [7, 11) is 0. The van der Waals surface area contributed by atoms with Crippen molar-refractivity contribution < 1.29 is 18.0 Å². The molecule has 0 fully saturated rings. The standard InChI is InChI=1S/C20H17F3N2OS/c21-20(22,23)17-6-3-14(4-7-17)5-8-18(26)25-12-15-2-1-10-24-19(15)16-9-11-27-13-16/h1-4,6-7,9-11,13H,5,8,12H2,(H,25,26). The average molecular weight is 390 g/mol. The molecule has 0 aliphatic carbocycles. The van der Waals surface area contributed by atoms with Crippen LogP contribution in [0.25, 0.3) is 11.3 Å². The van der Waals surface area contributed by atoms with E-state index in [0.717, 1.165) is 29.0 Å². The lowest BCUT2D eigenvalue weighted by atomic mass is 10.1. The largest absolute Gasteiger partial charge is 0.416 e. The van der Waals surface area contributed by atoms with E-state index in [4.69, 9.17) is 0 Å². The first-order valence-electron chi connectivity index (χ1n) is 8.33. The van der Waals surface area contributed by atoms with Crippen LogP contribution in [0.1, 0.15) is 23.1 Å². The summed E-state index contributed by atoms with van der Waals surface area (Å²) in [6, 6.07) is 10.6. The predicted molar refractivity (Wildman–Crippen MR) is 99.2 cm³/mol. The fourth-order valence-corrected chi connectivity index (χ4v) is 3.28. The first-order chi connectivity index (χ1) is 12.9. The van der Waals surface area contributed by atoms with Crippen LogP contribution in [0.4, 0.5) is 13.2 Å². The minimum absolute atomic E-state index is 0.157. The molecule has 1 aromatic carbocycles. The number of alkyl halides is 3. The zero-order valence-electron chi connectivity index (χ0n) is 14.3. The molecule has 7 heteroatoms. The SMILES string of the molecule is O=C(CCc1ccc(C(F)(F)F)cc1)NCc1cccnc1-c1ccsc1. The summed E-state index contributed by atoms with van der Waals surface area (Å²) in [6.07, 6.45) is -2.05. The second-order valence-electron chi connectivity index (χ2n) is 5.99. The van der Waals surface area contributed by atoms with Crippen molar-refractivity contribution in [3.63, 3.8) is 0 Å². The van der Waals surface area contributed by atoms with Gasteiger partial charge in [-0.15, -0.1) is 0 Å². The summed E-state index contributed by atoms with van der Waals surface area (Å²) in [5.41, 5.74) is 2.77. The Morgan fingerprint density at radius 3 is 2.56 bits per heavy atom. The number of hydrogen-bond donors (Lipinski definition) is 1. The summed E-state index contributed by atoms with van der Waals surface area (Å²) in [5.74, 6) is -0.157. The van der Waals surface area contributed by atoms with Crippen LogP contribution in [-0.4, -0.2) is 10.9 Å². The van der Waals surface area contributed by atoms with Gasteiger partial charge in [-0.2, -0.15) is 24.5 Å². The Labute approximate surface area is 158 Å². The Hall–Kier alpha value is -2.67. The highest BCUT2D eigenvalue weighted by molar-refractivity contribution is 7.08. The molecular weight excluding hydrogens is 373 g/mol. The molecule has 2 heterocycles. The number of aromatic nitrogens is 1. The molecule has 27 heavy (non-hydrogen) atoms. The number of aryl methyl sites for hydroxylation is 1. The molecule has 1 amide bonds. The highest BCUT2D eigenvalue weighted by Crippen LogP contribution is 2.29. The minimum atomic E-state index is -4.35. The lowest BCUT2D eigenvalue weighted by Gasteiger charge is -2.10. The molecule has 0 aliphatic rings. The van der Waals surface area contributed by atoms with Crippen molar-refractivity contribution in [3.8, 4) is 11.3 Å². The number of hydrogen-bond acceptors (Lipinski definition) is 3. The molecule has 0 radical (unpaired) electrons. The topological polar surface area (TPSA) is 42.0 Å². The van der Waals surface area contributed by atoms with E-state index in [2.05, 4.69) is 10.3 Å². The summed E-state index contributed by atoms with van der Waals surface area (Å²) in [5, 5.41) is 6.82. The number of nitrogens with one attached hydrogen (secondary N) is 1. The molecule has 3 nitrogen and oxygen atoms in total. The normalized spacial score (nSPS) is 11.4. The van der Waals surface area contributed by atoms with Gasteiger partial charge in [-0.1, -0.05) is 18.2 Å². The van der Waals surface area contributed by atoms with Gasteiger partial charge in [-0.05, 0) is 47.2 Å². The van der Waals surface area contributed by atoms with Gasteiger partial charge < -0.3 is 5.32 Å². The number of benzene rings is 1. The van der Waals surface area contributed by atoms with Crippen LogP contribution >= 0.6 is 11.3 Å². The molecule has 1 N–H and O–H groups in total. The Balaban J connectivity index is 1.54. The smallest absolute Gasteiger partial charge is 0.352 e. The maximum absolute atomic E-state index is 12.6. The minimum Gasteiger partial charge on any atom is -0.352 e. The van der Waals surface area contributed by atoms with Gasteiger partial charge in [0.2, 0.25) is 5.91 Å². The predicted octanol–water partition coefficient (Wildman–Crippen LogP) is 5.08. The average Bonchev–Trinajstić information content (AvgIpc) is 3.19. The number of rotatable bonds is 6. The molecule has 0 aliphatic heterocycles. The third-order valence-corrected chi connectivity index (χ3v) is 4.77. The van der Waals surface area contributed by atoms with Crippen molar-refractivity contribution in [1.29, 1.82) is 0 Å². The molecule has 3 rings (SSSR count). The van der Waals surface area contributed by atoms with Gasteiger partial charge in [0, 0.05) is 30.1 Å². The van der Waals surface area contributed by atoms with E-state index in [1.54, 1.807) is 17.5 Å². The Morgan fingerprint density at radius 2 is 1.89 bits per heavy atom. The van der Waals surface area contributed by atoms with Crippen molar-refractivity contribution in [2.45, 2.75) is 25.6 Å². The van der Waals surface area contributed by atoms with Gasteiger partial charge in [-0.3, -0.25) is 9.78 Å².